The lowest BCUT2D eigenvalue weighted by Gasteiger charge is -2.21. The number of hydrazine groups is 1. The molecule has 4 nitrogen and oxygen atoms in total. The molecule has 1 aromatic heterocycles. The molecule has 164 valence electrons. The van der Waals surface area contributed by atoms with Gasteiger partial charge in [-0.05, 0) is 42.2 Å². The normalized spacial score (nSPS) is 12.4. The van der Waals surface area contributed by atoms with E-state index in [0.29, 0.717) is 12.3 Å². The zero-order valence-corrected chi connectivity index (χ0v) is 16.5. The third-order valence-corrected chi connectivity index (χ3v) is 4.72. The molecule has 0 saturated carbocycles. The Balaban J connectivity index is 2.06. The number of nitrogens with one attached hydrogen (secondary N) is 3. The molecule has 0 atom stereocenters. The third-order valence-electron chi connectivity index (χ3n) is 3.17. The monoisotopic (exact) mass is 496 g/mol. The van der Waals surface area contributed by atoms with Crippen LogP contribution in [0.25, 0.3) is 0 Å². The molecule has 2 rings (SSSR count). The summed E-state index contributed by atoms with van der Waals surface area (Å²) in [4.78, 5) is 3.03. The largest absolute Gasteiger partial charge is 0.464 e. The van der Waals surface area contributed by atoms with Crippen molar-refractivity contribution < 1.29 is 35.1 Å². The van der Waals surface area contributed by atoms with Gasteiger partial charge in [0.2, 0.25) is 0 Å². The summed E-state index contributed by atoms with van der Waals surface area (Å²) in [6.45, 7) is 0. The summed E-state index contributed by atoms with van der Waals surface area (Å²) in [6, 6.07) is 5.45. The van der Waals surface area contributed by atoms with Crippen LogP contribution in [0.1, 0.15) is 5.56 Å². The molecule has 0 amide bonds. The number of hydrogen-bond donors (Lipinski definition) is 3. The number of rotatable bonds is 5. The number of thioether (sulfide) groups is 1. The molecule has 0 spiro atoms. The number of nitrogens with zero attached hydrogens (tertiary/aromatic N) is 1. The van der Waals surface area contributed by atoms with Crippen LogP contribution >= 0.6 is 35.6 Å². The zero-order chi connectivity index (χ0) is 22.7. The quantitative estimate of drug-likeness (QED) is 0.195. The van der Waals surface area contributed by atoms with Crippen LogP contribution in [0.5, 0.6) is 0 Å². The second-order valence-corrected chi connectivity index (χ2v) is 7.34. The summed E-state index contributed by atoms with van der Waals surface area (Å²) in [6.07, 6.45) is -9.91. The molecular weight excluding hydrogens is 488 g/mol. The predicted molar refractivity (Wildman–Crippen MR) is 101 cm³/mol. The molecule has 1 aromatic carbocycles. The van der Waals surface area contributed by atoms with Gasteiger partial charge in [-0.15, -0.1) is 0 Å². The van der Waals surface area contributed by atoms with E-state index in [0.717, 1.165) is 6.07 Å². The van der Waals surface area contributed by atoms with E-state index in [1.54, 1.807) is 0 Å². The van der Waals surface area contributed by atoms with Gasteiger partial charge in [-0.25, -0.2) is 4.98 Å². The number of halogens is 9. The fourth-order valence-corrected chi connectivity index (χ4v) is 2.95. The van der Waals surface area contributed by atoms with Gasteiger partial charge in [-0.2, -0.15) is 35.1 Å². The molecule has 0 aliphatic carbocycles. The molecule has 0 saturated heterocycles. The Hall–Kier alpha value is -2.06. The lowest BCUT2D eigenvalue weighted by molar-refractivity contribution is -0.237. The van der Waals surface area contributed by atoms with Crippen molar-refractivity contribution >= 4 is 52.2 Å². The van der Waals surface area contributed by atoms with Crippen molar-refractivity contribution in [1.29, 1.82) is 0 Å². The first kappa shape index (κ1) is 24.2. The van der Waals surface area contributed by atoms with Crippen LogP contribution in [0.4, 0.5) is 46.6 Å². The summed E-state index contributed by atoms with van der Waals surface area (Å²) in [5, 5.41) is -3.36. The van der Waals surface area contributed by atoms with Crippen molar-refractivity contribution in [1.82, 2.24) is 10.4 Å². The molecule has 3 N–H and O–H groups in total. The van der Waals surface area contributed by atoms with E-state index < -0.39 is 44.9 Å². The molecule has 0 radical (unpaired) electrons. The Labute approximate surface area is 178 Å². The molecule has 15 heteroatoms. The van der Waals surface area contributed by atoms with Gasteiger partial charge in [0.05, 0.1) is 16.3 Å². The Morgan fingerprint density at radius 1 is 1.03 bits per heavy atom. The summed E-state index contributed by atoms with van der Waals surface area (Å²) >= 11 is 9.85. The van der Waals surface area contributed by atoms with E-state index in [4.69, 9.17) is 23.8 Å². The van der Waals surface area contributed by atoms with Crippen LogP contribution in [-0.2, 0) is 6.18 Å². The zero-order valence-electron chi connectivity index (χ0n) is 14.1. The number of benzene rings is 1. The number of aromatic nitrogens is 1. The van der Waals surface area contributed by atoms with Crippen molar-refractivity contribution in [2.45, 2.75) is 22.5 Å². The molecule has 2 aromatic rings. The second kappa shape index (κ2) is 8.98. The Morgan fingerprint density at radius 3 is 2.23 bits per heavy atom. The number of thiocarbonyl (C=S) groups is 1. The molecule has 1 heterocycles. The maximum atomic E-state index is 13.3. The molecule has 0 unspecified atom stereocenters. The molecule has 30 heavy (non-hydrogen) atoms. The predicted octanol–water partition coefficient (Wildman–Crippen LogP) is 6.31. The maximum Gasteiger partial charge on any atom is 0.464 e. The smallest absolute Gasteiger partial charge is 0.330 e. The molecular formula is C15H9ClF8N4S2. The van der Waals surface area contributed by atoms with Gasteiger partial charge in [0.25, 0.3) is 0 Å². The lowest BCUT2D eigenvalue weighted by Crippen LogP contribution is -2.34. The van der Waals surface area contributed by atoms with Crippen molar-refractivity contribution in [2.24, 2.45) is 0 Å². The van der Waals surface area contributed by atoms with Gasteiger partial charge in [-0.3, -0.25) is 10.9 Å². The third kappa shape index (κ3) is 6.22. The first-order valence-electron chi connectivity index (χ1n) is 7.49. The van der Waals surface area contributed by atoms with Gasteiger partial charge >= 0.3 is 17.6 Å². The molecule has 0 aliphatic rings. The highest BCUT2D eigenvalue weighted by Crippen LogP contribution is 2.49. The fourth-order valence-electron chi connectivity index (χ4n) is 1.81. The van der Waals surface area contributed by atoms with Gasteiger partial charge < -0.3 is 5.32 Å². The highest BCUT2D eigenvalue weighted by atomic mass is 35.5. The first-order chi connectivity index (χ1) is 13.7. The summed E-state index contributed by atoms with van der Waals surface area (Å²) < 4.78 is 102. The summed E-state index contributed by atoms with van der Waals surface area (Å²) in [5.74, 6) is -0.236. The Bertz CT molecular complexity index is 920. The van der Waals surface area contributed by atoms with Crippen LogP contribution in [0.3, 0.4) is 0 Å². The average molecular weight is 497 g/mol. The van der Waals surface area contributed by atoms with Crippen molar-refractivity contribution in [3.05, 3.63) is 47.1 Å². The fraction of sp³-hybridized carbons (Fsp3) is 0.200. The minimum atomic E-state index is -5.77. The standard InChI is InChI=1S/C15H9ClF8N4S2/c16-8-5-7(13(17,18)19)6-25-11(8)27-28-12(29)26-9-3-1-2-4-10(9)30-15(23,24)14(20,21)22/h1-6H,(H,25,27)(H2,26,28,29). The second-order valence-electron chi connectivity index (χ2n) is 5.37. The van der Waals surface area contributed by atoms with Crippen LogP contribution in [0.2, 0.25) is 5.02 Å². The summed E-state index contributed by atoms with van der Waals surface area (Å²) in [5.41, 5.74) is 3.34. The van der Waals surface area contributed by atoms with E-state index in [2.05, 4.69) is 21.2 Å². The maximum absolute atomic E-state index is 13.3. The molecule has 0 bridgehead atoms. The Morgan fingerprint density at radius 2 is 1.67 bits per heavy atom. The van der Waals surface area contributed by atoms with Crippen LogP contribution < -0.4 is 16.2 Å². The van der Waals surface area contributed by atoms with Crippen LogP contribution in [0, 0.1) is 0 Å². The van der Waals surface area contributed by atoms with Gasteiger partial charge in [0, 0.05) is 11.1 Å². The summed E-state index contributed by atoms with van der Waals surface area (Å²) in [7, 11) is 0. The number of anilines is 2. The molecule has 0 fully saturated rings. The Kier molecular flexibility index (Phi) is 7.24. The van der Waals surface area contributed by atoms with Gasteiger partial charge in [-0.1, -0.05) is 23.7 Å². The van der Waals surface area contributed by atoms with Crippen molar-refractivity contribution in [3.63, 3.8) is 0 Å². The highest BCUT2D eigenvalue weighted by Gasteiger charge is 2.58. The van der Waals surface area contributed by atoms with E-state index in [1.807, 2.05) is 0 Å². The van der Waals surface area contributed by atoms with Gasteiger partial charge in [0.15, 0.2) is 10.9 Å². The minimum Gasteiger partial charge on any atom is -0.330 e. The number of pyridine rings is 1. The number of para-hydroxylation sites is 1. The minimum absolute atomic E-state index is 0.169. The highest BCUT2D eigenvalue weighted by molar-refractivity contribution is 8.00. The topological polar surface area (TPSA) is 49.0 Å². The van der Waals surface area contributed by atoms with Crippen LogP contribution in [-0.4, -0.2) is 21.5 Å². The van der Waals surface area contributed by atoms with Crippen molar-refractivity contribution in [3.8, 4) is 0 Å². The van der Waals surface area contributed by atoms with E-state index >= 15 is 0 Å². The lowest BCUT2D eigenvalue weighted by atomic mass is 10.3. The first-order valence-corrected chi connectivity index (χ1v) is 9.09. The van der Waals surface area contributed by atoms with E-state index in [9.17, 15) is 35.1 Å². The van der Waals surface area contributed by atoms with E-state index in [-0.39, 0.29) is 16.6 Å². The van der Waals surface area contributed by atoms with Gasteiger partial charge in [0.1, 0.15) is 0 Å². The van der Waals surface area contributed by atoms with Crippen LogP contribution in [0.15, 0.2) is 41.4 Å². The average Bonchev–Trinajstić information content (AvgIpc) is 2.60. The van der Waals surface area contributed by atoms with E-state index in [1.165, 1.54) is 18.2 Å². The number of alkyl halides is 8. The van der Waals surface area contributed by atoms with Crippen molar-refractivity contribution in [2.75, 3.05) is 10.7 Å². The molecule has 0 aliphatic heterocycles. The SMILES string of the molecule is FC(F)(F)c1cnc(NNC(=S)Nc2ccccc2SC(F)(F)C(F)(F)F)c(Cl)c1. The number of hydrogen-bond acceptors (Lipinski definition) is 4.